The minimum absolute atomic E-state index is 0.0554. The molecule has 2 aliphatic rings. The molecular formula is C23H25N5O4S2. The van der Waals surface area contributed by atoms with Gasteiger partial charge < -0.3 is 15.6 Å². The predicted molar refractivity (Wildman–Crippen MR) is 131 cm³/mol. The molecule has 9 nitrogen and oxygen atoms in total. The van der Waals surface area contributed by atoms with Crippen LogP contribution in [0.25, 0.3) is 11.0 Å². The third-order valence-electron chi connectivity index (χ3n) is 6.23. The smallest absolute Gasteiger partial charge is 0.223 e. The minimum atomic E-state index is -3.03. The Labute approximate surface area is 201 Å². The summed E-state index contributed by atoms with van der Waals surface area (Å²) in [5, 5.41) is 7.28. The lowest BCUT2D eigenvalue weighted by molar-refractivity contribution is -0.125. The molecule has 0 bridgehead atoms. The van der Waals surface area contributed by atoms with Gasteiger partial charge in [-0.2, -0.15) is 0 Å². The minimum Gasteiger partial charge on any atom is -0.356 e. The van der Waals surface area contributed by atoms with Crippen molar-refractivity contribution in [1.82, 2.24) is 20.3 Å². The van der Waals surface area contributed by atoms with Crippen LogP contribution < -0.4 is 10.6 Å². The number of anilines is 2. The van der Waals surface area contributed by atoms with Gasteiger partial charge in [-0.3, -0.25) is 9.59 Å². The van der Waals surface area contributed by atoms with Crippen molar-refractivity contribution in [2.75, 3.05) is 23.9 Å². The van der Waals surface area contributed by atoms with Crippen LogP contribution in [0.15, 0.2) is 29.4 Å². The van der Waals surface area contributed by atoms with Crippen molar-refractivity contribution in [2.45, 2.75) is 37.0 Å². The highest BCUT2D eigenvalue weighted by molar-refractivity contribution is 8.14. The van der Waals surface area contributed by atoms with Crippen molar-refractivity contribution in [2.24, 2.45) is 5.92 Å². The van der Waals surface area contributed by atoms with E-state index < -0.39 is 9.84 Å². The molecule has 1 atom stereocenters. The van der Waals surface area contributed by atoms with Crippen molar-refractivity contribution < 1.29 is 18.0 Å². The van der Waals surface area contributed by atoms with E-state index in [-0.39, 0.29) is 22.7 Å². The van der Waals surface area contributed by atoms with E-state index in [2.05, 4.69) is 25.6 Å². The number of thioether (sulfide) groups is 1. The van der Waals surface area contributed by atoms with E-state index in [1.54, 1.807) is 0 Å². The molecule has 2 aromatic heterocycles. The zero-order valence-corrected chi connectivity index (χ0v) is 20.3. The van der Waals surface area contributed by atoms with Crippen molar-refractivity contribution in [1.29, 1.82) is 0 Å². The van der Waals surface area contributed by atoms with Crippen LogP contribution in [0, 0.1) is 5.92 Å². The number of aromatic nitrogens is 3. The second kappa shape index (κ2) is 9.03. The van der Waals surface area contributed by atoms with Crippen LogP contribution in [0.5, 0.6) is 0 Å². The molecule has 0 fully saturated rings. The van der Waals surface area contributed by atoms with E-state index in [1.165, 1.54) is 24.3 Å². The van der Waals surface area contributed by atoms with Crippen molar-refractivity contribution in [3.05, 3.63) is 41.3 Å². The molecule has 178 valence electrons. The first-order valence-electron chi connectivity index (χ1n) is 11.2. The fraction of sp³-hybridized carbons (Fsp3) is 0.391. The number of rotatable bonds is 7. The van der Waals surface area contributed by atoms with Gasteiger partial charge in [-0.25, -0.2) is 18.4 Å². The molecule has 1 aromatic carbocycles. The second-order valence-electron chi connectivity index (χ2n) is 8.84. The molecule has 1 aliphatic carbocycles. The molecule has 5 rings (SSSR count). The summed E-state index contributed by atoms with van der Waals surface area (Å²) in [6, 6.07) is 5.87. The van der Waals surface area contributed by atoms with Gasteiger partial charge in [-0.15, -0.1) is 0 Å². The molecule has 34 heavy (non-hydrogen) atoms. The van der Waals surface area contributed by atoms with E-state index >= 15 is 0 Å². The highest BCUT2D eigenvalue weighted by Gasteiger charge is 2.29. The Kier molecular flexibility index (Phi) is 6.07. The summed E-state index contributed by atoms with van der Waals surface area (Å²) >= 11 is 1.26. The number of hydrogen-bond donors (Lipinski definition) is 3. The van der Waals surface area contributed by atoms with Gasteiger partial charge in [0.2, 0.25) is 5.91 Å². The molecule has 0 radical (unpaired) electrons. The van der Waals surface area contributed by atoms with Gasteiger partial charge in [0.05, 0.1) is 11.1 Å². The van der Waals surface area contributed by atoms with Crippen LogP contribution >= 0.6 is 11.8 Å². The summed E-state index contributed by atoms with van der Waals surface area (Å²) < 4.78 is 22.6. The normalized spacial score (nSPS) is 17.4. The quantitative estimate of drug-likeness (QED) is 0.422. The molecule has 1 amide bonds. The molecule has 3 heterocycles. The molecule has 1 unspecified atom stereocenters. The van der Waals surface area contributed by atoms with Crippen LogP contribution in [0.4, 0.5) is 11.5 Å². The number of carbonyl (C=O) groups is 2. The maximum atomic E-state index is 12.8. The summed E-state index contributed by atoms with van der Waals surface area (Å²) in [5.41, 5.74) is 4.70. The predicted octanol–water partition coefficient (Wildman–Crippen LogP) is 2.53. The topological polar surface area (TPSA) is 134 Å². The molecule has 0 spiro atoms. The number of carbonyl (C=O) groups excluding carboxylic acids is 2. The zero-order chi connectivity index (χ0) is 23.9. The summed E-state index contributed by atoms with van der Waals surface area (Å²) in [5.74, 6) is 0.470. The van der Waals surface area contributed by atoms with Gasteiger partial charge in [0, 0.05) is 41.4 Å². The average Bonchev–Trinajstić information content (AvgIpc) is 3.34. The first kappa shape index (κ1) is 22.9. The Bertz CT molecular complexity index is 1400. The Hall–Kier alpha value is -2.92. The molecule has 1 aliphatic heterocycles. The Balaban J connectivity index is 1.34. The number of nitrogens with zero attached hydrogens (tertiary/aromatic N) is 2. The summed E-state index contributed by atoms with van der Waals surface area (Å²) in [4.78, 5) is 37.7. The molecule has 11 heteroatoms. The number of sulfone groups is 1. The van der Waals surface area contributed by atoms with Crippen LogP contribution in [0.2, 0.25) is 0 Å². The number of nitrogens with one attached hydrogen (secondary N) is 3. The Morgan fingerprint density at radius 1 is 1.29 bits per heavy atom. The number of amides is 1. The van der Waals surface area contributed by atoms with Crippen LogP contribution in [0.1, 0.15) is 29.7 Å². The Morgan fingerprint density at radius 3 is 2.97 bits per heavy atom. The zero-order valence-electron chi connectivity index (χ0n) is 18.7. The average molecular weight is 500 g/mol. The third-order valence-corrected chi connectivity index (χ3v) is 8.23. The lowest BCUT2D eigenvalue weighted by Crippen LogP contribution is -2.35. The number of H-pyrrole nitrogens is 1. The van der Waals surface area contributed by atoms with Gasteiger partial charge in [-0.05, 0) is 48.9 Å². The maximum Gasteiger partial charge on any atom is 0.223 e. The van der Waals surface area contributed by atoms with Crippen molar-refractivity contribution in [3.8, 4) is 0 Å². The fourth-order valence-corrected chi connectivity index (χ4v) is 6.17. The Morgan fingerprint density at radius 2 is 2.15 bits per heavy atom. The van der Waals surface area contributed by atoms with Gasteiger partial charge >= 0.3 is 0 Å². The van der Waals surface area contributed by atoms with Gasteiger partial charge in [-0.1, -0.05) is 17.8 Å². The van der Waals surface area contributed by atoms with Gasteiger partial charge in [0.25, 0.3) is 0 Å². The molecule has 3 N–H and O–H groups in total. The van der Waals surface area contributed by atoms with Crippen LogP contribution in [0.3, 0.4) is 0 Å². The van der Waals surface area contributed by atoms with Crippen LogP contribution in [-0.2, 0) is 38.7 Å². The second-order valence-corrected chi connectivity index (χ2v) is 12.2. The summed E-state index contributed by atoms with van der Waals surface area (Å²) in [6.45, 7) is 0.345. The molecule has 3 aromatic rings. The van der Waals surface area contributed by atoms with Crippen LogP contribution in [-0.4, -0.2) is 52.9 Å². The van der Waals surface area contributed by atoms with E-state index in [0.717, 1.165) is 44.9 Å². The number of benzene rings is 1. The molecular weight excluding hydrogens is 474 g/mol. The molecule has 0 saturated heterocycles. The third kappa shape index (κ3) is 4.80. The number of aromatic amines is 1. The largest absolute Gasteiger partial charge is 0.356 e. The van der Waals surface area contributed by atoms with E-state index in [4.69, 9.17) is 0 Å². The van der Waals surface area contributed by atoms with E-state index in [0.29, 0.717) is 38.0 Å². The van der Waals surface area contributed by atoms with Gasteiger partial charge in [0.15, 0.2) is 5.12 Å². The monoisotopic (exact) mass is 499 g/mol. The summed E-state index contributed by atoms with van der Waals surface area (Å²) in [7, 11) is -3.03. The fourth-order valence-electron chi connectivity index (χ4n) is 4.57. The number of fused-ring (bicyclic) bond motifs is 4. The SMILES string of the molecule is CS(=O)(=O)CCCNC(=O)C1CCc2[nH]c3ncnc(Nc4ccc5c(c4)SC(=O)C5)c3c2C1. The standard InChI is InChI=1S/C23H25N5O4S2/c1-34(31,32)8-2-7-24-23(30)14-4-6-17-16(9-14)20-21(25-12-26-22(20)28-17)27-15-5-3-13-10-19(29)33-18(13)11-15/h3,5,11-12,14H,2,4,6-10H2,1H3,(H,24,30)(H2,25,26,27,28). The van der Waals surface area contributed by atoms with Crippen molar-refractivity contribution >= 4 is 55.2 Å². The first-order chi connectivity index (χ1) is 16.3. The number of hydrogen-bond acceptors (Lipinski definition) is 8. The van der Waals surface area contributed by atoms with Crippen molar-refractivity contribution in [3.63, 3.8) is 0 Å². The lowest BCUT2D eigenvalue weighted by atomic mass is 9.86. The maximum absolute atomic E-state index is 12.8. The first-order valence-corrected chi connectivity index (χ1v) is 14.0. The highest BCUT2D eigenvalue weighted by Crippen LogP contribution is 2.37. The molecule has 0 saturated carbocycles. The van der Waals surface area contributed by atoms with E-state index in [1.807, 2.05) is 18.2 Å². The lowest BCUT2D eigenvalue weighted by Gasteiger charge is -2.22. The van der Waals surface area contributed by atoms with E-state index in [9.17, 15) is 18.0 Å². The number of aryl methyl sites for hydroxylation is 1. The highest BCUT2D eigenvalue weighted by atomic mass is 32.2. The summed E-state index contributed by atoms with van der Waals surface area (Å²) in [6.07, 6.45) is 5.56. The van der Waals surface area contributed by atoms with Gasteiger partial charge in [0.1, 0.15) is 27.6 Å².